The second-order valence-electron chi connectivity index (χ2n) is 6.93. The first kappa shape index (κ1) is 21.3. The summed E-state index contributed by atoms with van der Waals surface area (Å²) < 4.78 is 52.4. The van der Waals surface area contributed by atoms with Crippen molar-refractivity contribution in [2.45, 2.75) is 33.2 Å². The molecule has 3 rings (SSSR count). The van der Waals surface area contributed by atoms with Crippen molar-refractivity contribution in [1.82, 2.24) is 4.41 Å². The van der Waals surface area contributed by atoms with Gasteiger partial charge in [-0.05, 0) is 44.0 Å². The Labute approximate surface area is 172 Å². The van der Waals surface area contributed by atoms with Gasteiger partial charge in [-0.25, -0.2) is 16.8 Å². The molecule has 7 nitrogen and oxygen atoms in total. The fourth-order valence-electron chi connectivity index (χ4n) is 3.07. The zero-order valence-electron chi connectivity index (χ0n) is 16.7. The first-order valence-electron chi connectivity index (χ1n) is 9.42. The predicted octanol–water partition coefficient (Wildman–Crippen LogP) is 3.26. The molecule has 0 fully saturated rings. The minimum absolute atomic E-state index is 0.0104. The average molecular weight is 436 g/mol. The number of hydrazone groups is 1. The smallest absolute Gasteiger partial charge is 0.250 e. The van der Waals surface area contributed by atoms with Crippen LogP contribution in [0.5, 0.6) is 0 Å². The number of sulfonamides is 2. The Balaban J connectivity index is 1.91. The molecule has 156 valence electrons. The highest BCUT2D eigenvalue weighted by Crippen LogP contribution is 2.35. The lowest BCUT2D eigenvalue weighted by Crippen LogP contribution is -2.28. The summed E-state index contributed by atoms with van der Waals surface area (Å²) in [6.45, 7) is 5.15. The Hall–Kier alpha value is -2.39. The summed E-state index contributed by atoms with van der Waals surface area (Å²) in [7, 11) is -6.88. The van der Waals surface area contributed by atoms with Crippen LogP contribution >= 0.6 is 0 Å². The molecule has 0 amide bonds. The number of benzene rings is 2. The number of anilines is 1. The van der Waals surface area contributed by atoms with Gasteiger partial charge in [0.25, 0.3) is 0 Å². The SMILES string of the molecule is CCS(=O)(=O)Nc1ccc(C2=NN(S(=O)(=O)CC)C(c3ccc(C)cc3)C2)cc1. The van der Waals surface area contributed by atoms with Crippen molar-refractivity contribution in [1.29, 1.82) is 0 Å². The van der Waals surface area contributed by atoms with Gasteiger partial charge >= 0.3 is 0 Å². The number of aryl methyl sites for hydroxylation is 1. The summed E-state index contributed by atoms with van der Waals surface area (Å²) in [5.41, 5.74) is 3.86. The minimum Gasteiger partial charge on any atom is -0.284 e. The van der Waals surface area contributed by atoms with E-state index in [2.05, 4.69) is 9.82 Å². The summed E-state index contributed by atoms with van der Waals surface area (Å²) in [6, 6.07) is 14.2. The van der Waals surface area contributed by atoms with Gasteiger partial charge in [-0.2, -0.15) is 9.52 Å². The van der Waals surface area contributed by atoms with Gasteiger partial charge in [0.1, 0.15) is 0 Å². The first-order chi connectivity index (χ1) is 13.6. The van der Waals surface area contributed by atoms with Gasteiger partial charge < -0.3 is 0 Å². The van der Waals surface area contributed by atoms with Crippen molar-refractivity contribution in [2.24, 2.45) is 5.10 Å². The maximum atomic E-state index is 12.6. The van der Waals surface area contributed by atoms with Crippen LogP contribution in [0.25, 0.3) is 0 Å². The third-order valence-corrected chi connectivity index (χ3v) is 7.80. The van der Waals surface area contributed by atoms with Gasteiger partial charge in [-0.3, -0.25) is 4.72 Å². The summed E-state index contributed by atoms with van der Waals surface area (Å²) in [5, 5.41) is 4.42. The summed E-state index contributed by atoms with van der Waals surface area (Å²) in [6.07, 6.45) is 0.447. The van der Waals surface area contributed by atoms with Crippen LogP contribution in [0.1, 0.15) is 43.0 Å². The molecule has 1 atom stereocenters. The lowest BCUT2D eigenvalue weighted by atomic mass is 9.98. The molecule has 29 heavy (non-hydrogen) atoms. The fourth-order valence-corrected chi connectivity index (χ4v) is 4.78. The van der Waals surface area contributed by atoms with Gasteiger partial charge in [0, 0.05) is 12.1 Å². The van der Waals surface area contributed by atoms with Gasteiger partial charge in [0.2, 0.25) is 20.0 Å². The number of hydrogen-bond acceptors (Lipinski definition) is 5. The lowest BCUT2D eigenvalue weighted by Gasteiger charge is -2.22. The monoisotopic (exact) mass is 435 g/mol. The van der Waals surface area contributed by atoms with Crippen LogP contribution < -0.4 is 4.72 Å². The quantitative estimate of drug-likeness (QED) is 0.722. The first-order valence-corrected chi connectivity index (χ1v) is 12.7. The largest absolute Gasteiger partial charge is 0.284 e. The zero-order valence-corrected chi connectivity index (χ0v) is 18.3. The summed E-state index contributed by atoms with van der Waals surface area (Å²) in [5.74, 6) is -0.0482. The van der Waals surface area contributed by atoms with Crippen LogP contribution in [0.2, 0.25) is 0 Å². The molecule has 0 radical (unpaired) electrons. The zero-order chi connectivity index (χ0) is 21.2. The molecule has 2 aromatic rings. The van der Waals surface area contributed by atoms with Crippen molar-refractivity contribution in [3.63, 3.8) is 0 Å². The van der Waals surface area contributed by atoms with Gasteiger partial charge in [0.05, 0.1) is 23.3 Å². The van der Waals surface area contributed by atoms with Crippen molar-refractivity contribution < 1.29 is 16.8 Å². The molecule has 9 heteroatoms. The maximum absolute atomic E-state index is 12.6. The molecule has 0 aliphatic carbocycles. The third kappa shape index (κ3) is 4.79. The van der Waals surface area contributed by atoms with Gasteiger partial charge in [-0.1, -0.05) is 42.0 Å². The van der Waals surface area contributed by atoms with Gasteiger partial charge in [-0.15, -0.1) is 0 Å². The molecule has 1 unspecified atom stereocenters. The molecule has 0 saturated heterocycles. The topological polar surface area (TPSA) is 95.9 Å². The van der Waals surface area contributed by atoms with Crippen LogP contribution in [0.3, 0.4) is 0 Å². The van der Waals surface area contributed by atoms with Crippen LogP contribution in [0.4, 0.5) is 5.69 Å². The fraction of sp³-hybridized carbons (Fsp3) is 0.350. The Bertz CT molecular complexity index is 1110. The van der Waals surface area contributed by atoms with E-state index in [1.54, 1.807) is 38.1 Å². The Morgan fingerprint density at radius 2 is 1.59 bits per heavy atom. The minimum atomic E-state index is -3.53. The van der Waals surface area contributed by atoms with Crippen molar-refractivity contribution >= 4 is 31.4 Å². The Morgan fingerprint density at radius 1 is 0.966 bits per heavy atom. The molecule has 0 bridgehead atoms. The number of rotatable bonds is 7. The summed E-state index contributed by atoms with van der Waals surface area (Å²) >= 11 is 0. The third-order valence-electron chi connectivity index (χ3n) is 4.86. The van der Waals surface area contributed by atoms with Crippen LogP contribution in [-0.2, 0) is 20.0 Å². The van der Waals surface area contributed by atoms with Crippen molar-refractivity contribution in [3.05, 3.63) is 65.2 Å². The van der Waals surface area contributed by atoms with E-state index >= 15 is 0 Å². The normalized spacial score (nSPS) is 17.3. The molecule has 1 heterocycles. The molecule has 0 spiro atoms. The van der Waals surface area contributed by atoms with E-state index in [4.69, 9.17) is 0 Å². The molecular weight excluding hydrogens is 410 g/mol. The second kappa shape index (κ2) is 8.16. The molecule has 0 aromatic heterocycles. The second-order valence-corrected chi connectivity index (χ2v) is 11.1. The highest BCUT2D eigenvalue weighted by atomic mass is 32.2. The Morgan fingerprint density at radius 3 is 2.14 bits per heavy atom. The van der Waals surface area contributed by atoms with Crippen LogP contribution in [0, 0.1) is 6.92 Å². The van der Waals surface area contributed by atoms with Crippen LogP contribution in [0.15, 0.2) is 53.6 Å². The maximum Gasteiger partial charge on any atom is 0.250 e. The predicted molar refractivity (Wildman–Crippen MR) is 116 cm³/mol. The molecule has 1 aliphatic heterocycles. The highest BCUT2D eigenvalue weighted by Gasteiger charge is 2.35. The molecular formula is C20H25N3O4S2. The van der Waals surface area contributed by atoms with Crippen LogP contribution in [-0.4, -0.2) is 38.5 Å². The number of nitrogens with one attached hydrogen (secondary N) is 1. The molecule has 1 N–H and O–H groups in total. The van der Waals surface area contributed by atoms with E-state index in [1.807, 2.05) is 31.2 Å². The van der Waals surface area contributed by atoms with E-state index in [-0.39, 0.29) is 11.5 Å². The highest BCUT2D eigenvalue weighted by molar-refractivity contribution is 7.92. The molecule has 0 saturated carbocycles. The van der Waals surface area contributed by atoms with E-state index in [9.17, 15) is 16.8 Å². The summed E-state index contributed by atoms with van der Waals surface area (Å²) in [4.78, 5) is 0. The lowest BCUT2D eigenvalue weighted by molar-refractivity contribution is 0.372. The van der Waals surface area contributed by atoms with Crippen molar-refractivity contribution in [3.8, 4) is 0 Å². The Kier molecular flexibility index (Phi) is 6.00. The van der Waals surface area contributed by atoms with Crippen molar-refractivity contribution in [2.75, 3.05) is 16.2 Å². The standard InChI is InChI=1S/C20H25N3O4S2/c1-4-28(24,25)22-18-12-10-16(11-13-18)19-14-20(17-8-6-15(3)7-9-17)23(21-19)29(26,27)5-2/h6-13,20,22H,4-5,14H2,1-3H3. The molecule has 2 aromatic carbocycles. The average Bonchev–Trinajstić information content (AvgIpc) is 3.15. The van der Waals surface area contributed by atoms with Gasteiger partial charge in [0.15, 0.2) is 0 Å². The number of hydrogen-bond donors (Lipinski definition) is 1. The van der Waals surface area contributed by atoms with E-state index in [0.717, 1.165) is 16.7 Å². The van der Waals surface area contributed by atoms with E-state index in [1.165, 1.54) is 4.41 Å². The van der Waals surface area contributed by atoms with E-state index in [0.29, 0.717) is 17.8 Å². The molecule has 1 aliphatic rings. The van der Waals surface area contributed by atoms with E-state index < -0.39 is 26.1 Å². The number of nitrogens with zero attached hydrogens (tertiary/aromatic N) is 2.